The van der Waals surface area contributed by atoms with E-state index in [0.29, 0.717) is 16.6 Å². The second-order valence-corrected chi connectivity index (χ2v) is 7.32. The molecule has 2 aromatic carbocycles. The summed E-state index contributed by atoms with van der Waals surface area (Å²) in [6.07, 6.45) is 5.44. The zero-order valence-electron chi connectivity index (χ0n) is 15.5. The van der Waals surface area contributed by atoms with Crippen molar-refractivity contribution in [3.8, 4) is 0 Å². The smallest absolute Gasteiger partial charge is 0.251 e. The molecule has 2 amide bonds. The van der Waals surface area contributed by atoms with Crippen LogP contribution < -0.4 is 5.32 Å². The van der Waals surface area contributed by atoms with Gasteiger partial charge in [-0.15, -0.1) is 0 Å². The number of carbonyl (C=O) groups excluding carboxylic acids is 2. The Morgan fingerprint density at radius 3 is 2.33 bits per heavy atom. The number of amides is 2. The largest absolute Gasteiger partial charge is 0.349 e. The van der Waals surface area contributed by atoms with Gasteiger partial charge in [-0.1, -0.05) is 35.9 Å². The summed E-state index contributed by atoms with van der Waals surface area (Å²) in [5, 5.41) is 3.64. The molecule has 2 aromatic rings. The van der Waals surface area contributed by atoms with Crippen LogP contribution in [0.1, 0.15) is 47.3 Å². The lowest BCUT2D eigenvalue weighted by atomic mass is 10.1. The predicted octanol–water partition coefficient (Wildman–Crippen LogP) is 4.47. The van der Waals surface area contributed by atoms with Crippen LogP contribution in [0.3, 0.4) is 0 Å². The van der Waals surface area contributed by atoms with Gasteiger partial charge in [0.25, 0.3) is 5.91 Å². The molecule has 4 nitrogen and oxygen atoms in total. The maximum absolute atomic E-state index is 12.5. The zero-order chi connectivity index (χ0) is 19.4. The van der Waals surface area contributed by atoms with Crippen LogP contribution in [0, 0.1) is 0 Å². The second kappa shape index (κ2) is 8.40. The Morgan fingerprint density at radius 1 is 1.11 bits per heavy atom. The molecule has 0 radical (unpaired) electrons. The van der Waals surface area contributed by atoms with Crippen molar-refractivity contribution in [1.82, 2.24) is 10.2 Å². The summed E-state index contributed by atoms with van der Waals surface area (Å²) in [5.41, 5.74) is 2.53. The fourth-order valence-corrected chi connectivity index (χ4v) is 2.81. The van der Waals surface area contributed by atoms with Crippen LogP contribution in [-0.2, 0) is 4.79 Å². The van der Waals surface area contributed by atoms with Gasteiger partial charge in [0.1, 0.15) is 0 Å². The molecule has 1 unspecified atom stereocenters. The first-order chi connectivity index (χ1) is 12.9. The van der Waals surface area contributed by atoms with Crippen LogP contribution in [0.25, 0.3) is 6.08 Å². The van der Waals surface area contributed by atoms with Crippen LogP contribution in [0.5, 0.6) is 0 Å². The molecule has 1 aliphatic carbocycles. The molecule has 1 N–H and O–H groups in total. The molecule has 0 bridgehead atoms. The Hall–Kier alpha value is -2.59. The summed E-state index contributed by atoms with van der Waals surface area (Å²) in [7, 11) is 1.78. The average Bonchev–Trinajstić information content (AvgIpc) is 3.50. The molecule has 0 aliphatic heterocycles. The van der Waals surface area contributed by atoms with Crippen LogP contribution >= 0.6 is 11.6 Å². The number of halogens is 1. The Balaban J connectivity index is 1.59. The van der Waals surface area contributed by atoms with E-state index in [1.807, 2.05) is 43.3 Å². The molecule has 140 valence electrons. The van der Waals surface area contributed by atoms with Crippen molar-refractivity contribution in [2.75, 3.05) is 7.05 Å². The van der Waals surface area contributed by atoms with Gasteiger partial charge in [-0.3, -0.25) is 9.59 Å². The molecule has 1 aliphatic rings. The van der Waals surface area contributed by atoms with E-state index in [0.717, 1.165) is 24.0 Å². The van der Waals surface area contributed by atoms with E-state index in [-0.39, 0.29) is 17.9 Å². The molecule has 5 heteroatoms. The third kappa shape index (κ3) is 5.20. The van der Waals surface area contributed by atoms with Gasteiger partial charge in [0, 0.05) is 29.8 Å². The molecular formula is C22H23ClN2O2. The lowest BCUT2D eigenvalue weighted by molar-refractivity contribution is -0.126. The lowest BCUT2D eigenvalue weighted by Crippen LogP contribution is -2.27. The lowest BCUT2D eigenvalue weighted by Gasteiger charge is -2.24. The van der Waals surface area contributed by atoms with E-state index >= 15 is 0 Å². The molecule has 1 saturated carbocycles. The summed E-state index contributed by atoms with van der Waals surface area (Å²) in [6.45, 7) is 1.97. The summed E-state index contributed by atoms with van der Waals surface area (Å²) < 4.78 is 0. The van der Waals surface area contributed by atoms with Gasteiger partial charge in [-0.25, -0.2) is 0 Å². The van der Waals surface area contributed by atoms with Crippen molar-refractivity contribution in [2.45, 2.75) is 31.8 Å². The minimum absolute atomic E-state index is 0.0411. The van der Waals surface area contributed by atoms with Gasteiger partial charge >= 0.3 is 0 Å². The number of benzene rings is 2. The van der Waals surface area contributed by atoms with Gasteiger partial charge in [0.15, 0.2) is 0 Å². The first-order valence-corrected chi connectivity index (χ1v) is 9.43. The molecule has 0 saturated heterocycles. The molecule has 1 fully saturated rings. The van der Waals surface area contributed by atoms with Crippen LogP contribution in [0.15, 0.2) is 54.6 Å². The maximum Gasteiger partial charge on any atom is 0.251 e. The Kier molecular flexibility index (Phi) is 5.97. The first kappa shape index (κ1) is 19.2. The summed E-state index contributed by atoms with van der Waals surface area (Å²) >= 11 is 5.92. The minimum atomic E-state index is -0.0898. The average molecular weight is 383 g/mol. The minimum Gasteiger partial charge on any atom is -0.349 e. The highest BCUT2D eigenvalue weighted by atomic mass is 35.5. The van der Waals surface area contributed by atoms with Crippen molar-refractivity contribution in [2.24, 2.45) is 0 Å². The van der Waals surface area contributed by atoms with E-state index in [1.54, 1.807) is 36.2 Å². The van der Waals surface area contributed by atoms with E-state index in [9.17, 15) is 9.59 Å². The van der Waals surface area contributed by atoms with E-state index in [4.69, 9.17) is 11.6 Å². The molecule has 0 aromatic heterocycles. The normalized spacial score (nSPS) is 14.8. The van der Waals surface area contributed by atoms with Gasteiger partial charge in [-0.05, 0) is 61.2 Å². The molecule has 3 rings (SSSR count). The predicted molar refractivity (Wildman–Crippen MR) is 109 cm³/mol. The van der Waals surface area contributed by atoms with Crippen molar-refractivity contribution < 1.29 is 9.59 Å². The number of nitrogens with one attached hydrogen (secondary N) is 1. The number of hydrogen-bond donors (Lipinski definition) is 1. The summed E-state index contributed by atoms with van der Waals surface area (Å²) in [4.78, 5) is 26.1. The van der Waals surface area contributed by atoms with Crippen LogP contribution in [-0.4, -0.2) is 29.8 Å². The number of carbonyl (C=O) groups is 2. The molecule has 0 spiro atoms. The van der Waals surface area contributed by atoms with Crippen molar-refractivity contribution >= 4 is 29.5 Å². The maximum atomic E-state index is 12.5. The standard InChI is InChI=1S/C22H23ClN2O2/c1-15(17-8-10-19(23)11-9-17)25(2)21(26)14-5-16-3-6-18(7-4-16)22(27)24-20-12-13-20/h3-11,14-15,20H,12-13H2,1-2H3,(H,24,27)/b14-5+. The topological polar surface area (TPSA) is 49.4 Å². The molecule has 0 heterocycles. The summed E-state index contributed by atoms with van der Waals surface area (Å²) in [5.74, 6) is -0.131. The van der Waals surface area contributed by atoms with Gasteiger partial charge in [-0.2, -0.15) is 0 Å². The number of hydrogen-bond acceptors (Lipinski definition) is 2. The SMILES string of the molecule is CC(c1ccc(Cl)cc1)N(C)C(=O)/C=C/c1ccc(C(=O)NC2CC2)cc1. The van der Waals surface area contributed by atoms with E-state index < -0.39 is 0 Å². The fraction of sp³-hybridized carbons (Fsp3) is 0.273. The van der Waals surface area contributed by atoms with Gasteiger partial charge in [0.2, 0.25) is 5.91 Å². The monoisotopic (exact) mass is 382 g/mol. The third-order valence-electron chi connectivity index (χ3n) is 4.78. The highest BCUT2D eigenvalue weighted by molar-refractivity contribution is 6.30. The third-order valence-corrected chi connectivity index (χ3v) is 5.04. The van der Waals surface area contributed by atoms with Gasteiger partial charge in [0.05, 0.1) is 6.04 Å². The molecular weight excluding hydrogens is 360 g/mol. The Bertz CT molecular complexity index is 840. The van der Waals surface area contributed by atoms with Crippen molar-refractivity contribution in [1.29, 1.82) is 0 Å². The fourth-order valence-electron chi connectivity index (χ4n) is 2.68. The molecule has 1 atom stereocenters. The number of nitrogens with zero attached hydrogens (tertiary/aromatic N) is 1. The Labute approximate surface area is 164 Å². The van der Waals surface area contributed by atoms with Crippen molar-refractivity contribution in [3.63, 3.8) is 0 Å². The number of rotatable bonds is 6. The van der Waals surface area contributed by atoms with Crippen LogP contribution in [0.2, 0.25) is 5.02 Å². The van der Waals surface area contributed by atoms with Crippen molar-refractivity contribution in [3.05, 3.63) is 76.3 Å². The zero-order valence-corrected chi connectivity index (χ0v) is 16.2. The highest BCUT2D eigenvalue weighted by Crippen LogP contribution is 2.21. The highest BCUT2D eigenvalue weighted by Gasteiger charge is 2.23. The number of likely N-dealkylation sites (N-methyl/N-ethyl adjacent to an activating group) is 1. The Morgan fingerprint density at radius 2 is 1.74 bits per heavy atom. The quantitative estimate of drug-likeness (QED) is 0.749. The second-order valence-electron chi connectivity index (χ2n) is 6.88. The van der Waals surface area contributed by atoms with E-state index in [1.165, 1.54) is 0 Å². The molecule has 27 heavy (non-hydrogen) atoms. The summed E-state index contributed by atoms with van der Waals surface area (Å²) in [6, 6.07) is 15.0. The first-order valence-electron chi connectivity index (χ1n) is 9.05. The van der Waals surface area contributed by atoms with Crippen LogP contribution in [0.4, 0.5) is 0 Å². The van der Waals surface area contributed by atoms with Gasteiger partial charge < -0.3 is 10.2 Å². The van der Waals surface area contributed by atoms with E-state index in [2.05, 4.69) is 5.32 Å².